The molecule has 2 aromatic rings. The summed E-state index contributed by atoms with van der Waals surface area (Å²) in [6, 6.07) is 0.0438. The van der Waals surface area contributed by atoms with Gasteiger partial charge in [-0.05, 0) is 43.3 Å². The molecule has 2 aliphatic rings. The molecule has 1 amide bonds. The number of nitrogens with two attached hydrogens (primary N) is 1. The van der Waals surface area contributed by atoms with Crippen molar-refractivity contribution in [3.8, 4) is 0 Å². The Kier molecular flexibility index (Phi) is 5.00. The van der Waals surface area contributed by atoms with E-state index in [2.05, 4.69) is 32.1 Å². The van der Waals surface area contributed by atoms with Gasteiger partial charge in [0.25, 0.3) is 0 Å². The van der Waals surface area contributed by atoms with Crippen molar-refractivity contribution in [2.75, 3.05) is 31.2 Å². The highest BCUT2D eigenvalue weighted by molar-refractivity contribution is 7.18. The molecule has 2 saturated heterocycles. The second kappa shape index (κ2) is 7.26. The van der Waals surface area contributed by atoms with Crippen LogP contribution in [0.3, 0.4) is 0 Å². The zero-order valence-electron chi connectivity index (χ0n) is 14.7. The van der Waals surface area contributed by atoms with E-state index in [0.29, 0.717) is 19.8 Å². The lowest BCUT2D eigenvalue weighted by Gasteiger charge is -2.34. The predicted octanol–water partition coefficient (Wildman–Crippen LogP) is 2.02. The van der Waals surface area contributed by atoms with E-state index >= 15 is 0 Å². The van der Waals surface area contributed by atoms with Crippen LogP contribution in [0.5, 0.6) is 0 Å². The fourth-order valence-electron chi connectivity index (χ4n) is 3.83. The summed E-state index contributed by atoms with van der Waals surface area (Å²) in [5.41, 5.74) is 7.50. The highest BCUT2D eigenvalue weighted by atomic mass is 35.5. The van der Waals surface area contributed by atoms with E-state index < -0.39 is 0 Å². The minimum atomic E-state index is -0.252. The third-order valence-electron chi connectivity index (χ3n) is 5.15. The van der Waals surface area contributed by atoms with Crippen molar-refractivity contribution in [1.82, 2.24) is 14.9 Å². The molecule has 0 unspecified atom stereocenters. The van der Waals surface area contributed by atoms with Crippen molar-refractivity contribution in [1.29, 1.82) is 0 Å². The molecule has 2 atom stereocenters. The number of carbonyl (C=O) groups excluding carboxylic acids is 1. The molecular weight excluding hydrogens is 374 g/mol. The highest BCUT2D eigenvalue weighted by Gasteiger charge is 2.30. The molecule has 2 fully saturated rings. The van der Waals surface area contributed by atoms with Crippen LogP contribution in [0.25, 0.3) is 10.2 Å². The van der Waals surface area contributed by atoms with Gasteiger partial charge in [0, 0.05) is 18.7 Å². The van der Waals surface area contributed by atoms with Crippen LogP contribution >= 0.6 is 22.9 Å². The van der Waals surface area contributed by atoms with E-state index in [-0.39, 0.29) is 23.3 Å². The summed E-state index contributed by atoms with van der Waals surface area (Å²) < 4.78 is 6.57. The summed E-state index contributed by atoms with van der Waals surface area (Å²) in [6.45, 7) is 5.79. The minimum Gasteiger partial charge on any atom is -0.377 e. The number of thiophene rings is 1. The fraction of sp³-hybridized carbons (Fsp3) is 0.588. The molecule has 4 rings (SSSR count). The molecule has 2 aliphatic heterocycles. The van der Waals surface area contributed by atoms with Crippen LogP contribution in [-0.2, 0) is 16.1 Å². The summed E-state index contributed by atoms with van der Waals surface area (Å²) in [4.78, 5) is 25.0. The Balaban J connectivity index is 1.69. The zero-order chi connectivity index (χ0) is 18.3. The molecule has 0 aliphatic carbocycles. The Labute approximate surface area is 161 Å². The van der Waals surface area contributed by atoms with E-state index in [0.717, 1.165) is 47.5 Å². The maximum absolute atomic E-state index is 11.7. The first kappa shape index (κ1) is 17.9. The second-order valence-electron chi connectivity index (χ2n) is 6.90. The average Bonchev–Trinajstić information content (AvgIpc) is 3.23. The molecule has 9 heteroatoms. The van der Waals surface area contributed by atoms with Gasteiger partial charge < -0.3 is 15.4 Å². The fourth-order valence-corrected chi connectivity index (χ4v) is 5.00. The quantitative estimate of drug-likeness (QED) is 0.797. The number of primary amides is 1. The van der Waals surface area contributed by atoms with Crippen LogP contribution in [0.2, 0.25) is 5.28 Å². The van der Waals surface area contributed by atoms with Crippen molar-refractivity contribution < 1.29 is 9.53 Å². The molecule has 0 radical (unpaired) electrons. The van der Waals surface area contributed by atoms with E-state index in [1.165, 1.54) is 0 Å². The number of anilines is 1. The van der Waals surface area contributed by atoms with Gasteiger partial charge in [-0.25, -0.2) is 4.98 Å². The molecule has 0 spiro atoms. The first-order valence-corrected chi connectivity index (χ1v) is 10.1. The van der Waals surface area contributed by atoms with Crippen LogP contribution in [0.4, 0.5) is 5.82 Å². The maximum atomic E-state index is 11.7. The van der Waals surface area contributed by atoms with Crippen LogP contribution in [0.15, 0.2) is 5.38 Å². The highest BCUT2D eigenvalue weighted by Crippen LogP contribution is 2.35. The first-order valence-electron chi connectivity index (χ1n) is 8.86. The number of hydrogen-bond acceptors (Lipinski definition) is 7. The number of ether oxygens (including phenoxy) is 1. The Bertz CT molecular complexity index is 829. The van der Waals surface area contributed by atoms with Gasteiger partial charge in [0.05, 0.1) is 35.5 Å². The third-order valence-corrected chi connectivity index (χ3v) is 6.33. The topological polar surface area (TPSA) is 84.6 Å². The van der Waals surface area contributed by atoms with Crippen molar-refractivity contribution in [3.05, 3.63) is 16.2 Å². The number of aromatic nitrogens is 2. The largest absolute Gasteiger partial charge is 0.377 e. The molecule has 0 bridgehead atoms. The predicted molar refractivity (Wildman–Crippen MR) is 103 cm³/mol. The molecule has 0 aromatic carbocycles. The number of hydrogen-bond donors (Lipinski definition) is 1. The molecule has 4 heterocycles. The van der Waals surface area contributed by atoms with Crippen LogP contribution in [-0.4, -0.2) is 59.2 Å². The normalized spacial score (nSPS) is 24.5. The van der Waals surface area contributed by atoms with Crippen LogP contribution in [0, 0.1) is 0 Å². The third kappa shape index (κ3) is 3.26. The summed E-state index contributed by atoms with van der Waals surface area (Å²) >= 11 is 7.88. The zero-order valence-corrected chi connectivity index (χ0v) is 16.2. The lowest BCUT2D eigenvalue weighted by Crippen LogP contribution is -2.44. The van der Waals surface area contributed by atoms with Gasteiger partial charge in [0.1, 0.15) is 0 Å². The summed E-state index contributed by atoms with van der Waals surface area (Å²) in [5.74, 6) is 0.623. The monoisotopic (exact) mass is 395 g/mol. The van der Waals surface area contributed by atoms with E-state index in [1.807, 2.05) is 0 Å². The second-order valence-corrected chi connectivity index (χ2v) is 8.12. The molecule has 2 aromatic heterocycles. The van der Waals surface area contributed by atoms with E-state index in [9.17, 15) is 4.79 Å². The molecule has 7 nitrogen and oxygen atoms in total. The smallest absolute Gasteiger partial charge is 0.234 e. The van der Waals surface area contributed by atoms with Crippen molar-refractivity contribution in [3.63, 3.8) is 0 Å². The Hall–Kier alpha value is -1.48. The molecule has 2 N–H and O–H groups in total. The number of nitrogens with zero attached hydrogens (tertiary/aromatic N) is 4. The maximum Gasteiger partial charge on any atom is 0.234 e. The number of amides is 1. The first-order chi connectivity index (χ1) is 12.5. The van der Waals surface area contributed by atoms with Gasteiger partial charge in [0.2, 0.25) is 11.2 Å². The number of likely N-dealkylation sites (tertiary alicyclic amines) is 1. The Morgan fingerprint density at radius 1 is 1.46 bits per heavy atom. The Morgan fingerprint density at radius 2 is 2.31 bits per heavy atom. The minimum absolute atomic E-state index is 0.194. The number of rotatable bonds is 4. The van der Waals surface area contributed by atoms with Gasteiger partial charge >= 0.3 is 0 Å². The lowest BCUT2D eigenvalue weighted by molar-refractivity contribution is -0.122. The SMILES string of the molecule is C[C@@H]1COCCN1c1nc(Cl)nc2c(CN3CCC[C@H]3C(N)=O)csc12. The standard InChI is InChI=1S/C17H22ClN5O2S/c1-10-8-25-6-5-23(10)16-14-13(20-17(18)21-16)11(9-26-14)7-22-4-2-3-12(22)15(19)24/h9-10,12H,2-8H2,1H3,(H2,19,24)/t10-,12+/m1/s1. The lowest BCUT2D eigenvalue weighted by atomic mass is 10.2. The van der Waals surface area contributed by atoms with Gasteiger partial charge in [-0.1, -0.05) is 0 Å². The molecule has 26 heavy (non-hydrogen) atoms. The van der Waals surface area contributed by atoms with E-state index in [4.69, 9.17) is 22.1 Å². The van der Waals surface area contributed by atoms with Gasteiger partial charge in [-0.2, -0.15) is 4.98 Å². The average molecular weight is 396 g/mol. The van der Waals surface area contributed by atoms with Gasteiger partial charge in [-0.3, -0.25) is 9.69 Å². The summed E-state index contributed by atoms with van der Waals surface area (Å²) in [7, 11) is 0. The van der Waals surface area contributed by atoms with Gasteiger partial charge in [0.15, 0.2) is 5.82 Å². The number of halogens is 1. The van der Waals surface area contributed by atoms with Crippen molar-refractivity contribution in [2.24, 2.45) is 5.73 Å². The van der Waals surface area contributed by atoms with Crippen LogP contribution < -0.4 is 10.6 Å². The molecular formula is C17H22ClN5O2S. The summed E-state index contributed by atoms with van der Waals surface area (Å²) in [5, 5.41) is 2.35. The molecule has 140 valence electrons. The molecule has 0 saturated carbocycles. The van der Waals surface area contributed by atoms with E-state index in [1.54, 1.807) is 11.3 Å². The Morgan fingerprint density at radius 3 is 3.08 bits per heavy atom. The van der Waals surface area contributed by atoms with Crippen molar-refractivity contribution >= 4 is 44.9 Å². The van der Waals surface area contributed by atoms with Crippen LogP contribution in [0.1, 0.15) is 25.3 Å². The number of carbonyl (C=O) groups is 1. The number of morpholine rings is 1. The van der Waals surface area contributed by atoms with Gasteiger partial charge in [-0.15, -0.1) is 11.3 Å². The number of fused-ring (bicyclic) bond motifs is 1. The summed E-state index contributed by atoms with van der Waals surface area (Å²) in [6.07, 6.45) is 1.81. The van der Waals surface area contributed by atoms with Crippen molar-refractivity contribution in [2.45, 2.75) is 38.4 Å².